The molecule has 0 saturated heterocycles. The summed E-state index contributed by atoms with van der Waals surface area (Å²) in [7, 11) is 3.76. The van der Waals surface area contributed by atoms with Gasteiger partial charge in [0, 0.05) is 43.6 Å². The third-order valence-corrected chi connectivity index (χ3v) is 4.63. The summed E-state index contributed by atoms with van der Waals surface area (Å²) in [6.45, 7) is 0. The molecular formula is C23H20N4O4. The molecule has 4 aromatic rings. The van der Waals surface area contributed by atoms with Crippen molar-refractivity contribution in [2.24, 2.45) is 0 Å². The van der Waals surface area contributed by atoms with Crippen molar-refractivity contribution in [2.45, 2.75) is 0 Å². The normalized spacial score (nSPS) is 10.6. The number of rotatable bonds is 5. The van der Waals surface area contributed by atoms with Crippen LogP contribution < -0.4 is 9.74 Å². The molecule has 0 spiro atoms. The molecule has 0 radical (unpaired) electrons. The van der Waals surface area contributed by atoms with Gasteiger partial charge in [0.2, 0.25) is 17.7 Å². The Labute approximate surface area is 178 Å². The molecule has 0 unspecified atom stereocenters. The molecule has 0 bridgehead atoms. The largest absolute Gasteiger partial charge is 0.492 e. The smallest absolute Gasteiger partial charge is 0.363 e. The minimum Gasteiger partial charge on any atom is -0.492 e. The summed E-state index contributed by atoms with van der Waals surface area (Å²) in [5, 5.41) is 19.3. The summed E-state index contributed by atoms with van der Waals surface area (Å²) >= 11 is 0. The standard InChI is InChI=1S/C23H20N4O4/c1-26(2)23-24-14-18(21(25-23)16-6-4-3-5-7-16)15-8-10-17(11-9-15)22(30)31-27-19(28)12-13-20(27)29/h3-14,28-29H,1-2H3. The molecule has 2 aromatic heterocycles. The Balaban J connectivity index is 1.67. The maximum absolute atomic E-state index is 12.4. The second-order valence-corrected chi connectivity index (χ2v) is 6.99. The fourth-order valence-corrected chi connectivity index (χ4v) is 3.03. The van der Waals surface area contributed by atoms with Crippen molar-refractivity contribution in [3.63, 3.8) is 0 Å². The first kappa shape index (κ1) is 20.0. The lowest BCUT2D eigenvalue weighted by Crippen LogP contribution is -2.19. The SMILES string of the molecule is CN(C)c1ncc(-c2ccc(C(=O)On3c(O)ccc3O)cc2)c(-c2ccccc2)n1. The molecular weight excluding hydrogens is 396 g/mol. The van der Waals surface area contributed by atoms with Crippen molar-refractivity contribution in [3.05, 3.63) is 78.5 Å². The van der Waals surface area contributed by atoms with Crippen LogP contribution in [-0.4, -0.2) is 45.0 Å². The highest BCUT2D eigenvalue weighted by Gasteiger charge is 2.16. The van der Waals surface area contributed by atoms with Crippen molar-refractivity contribution >= 4 is 11.9 Å². The quantitative estimate of drug-likeness (QED) is 0.514. The van der Waals surface area contributed by atoms with Crippen LogP contribution in [0.3, 0.4) is 0 Å². The van der Waals surface area contributed by atoms with Crippen LogP contribution in [-0.2, 0) is 0 Å². The van der Waals surface area contributed by atoms with Crippen LogP contribution in [0.25, 0.3) is 22.4 Å². The van der Waals surface area contributed by atoms with Gasteiger partial charge < -0.3 is 20.0 Å². The van der Waals surface area contributed by atoms with E-state index in [0.717, 1.165) is 22.4 Å². The van der Waals surface area contributed by atoms with Crippen LogP contribution in [0.5, 0.6) is 11.8 Å². The van der Waals surface area contributed by atoms with Gasteiger partial charge in [-0.15, -0.1) is 4.73 Å². The fraction of sp³-hybridized carbons (Fsp3) is 0.0870. The molecule has 2 heterocycles. The molecule has 0 atom stereocenters. The van der Waals surface area contributed by atoms with Crippen LogP contribution in [0, 0.1) is 0 Å². The molecule has 8 nitrogen and oxygen atoms in total. The molecule has 8 heteroatoms. The Morgan fingerprint density at radius 3 is 2.16 bits per heavy atom. The minimum absolute atomic E-state index is 0.253. The van der Waals surface area contributed by atoms with E-state index < -0.39 is 5.97 Å². The minimum atomic E-state index is -0.726. The van der Waals surface area contributed by atoms with E-state index in [2.05, 4.69) is 4.98 Å². The summed E-state index contributed by atoms with van der Waals surface area (Å²) in [6.07, 6.45) is 1.76. The average Bonchev–Trinajstić information content (AvgIpc) is 3.11. The second-order valence-electron chi connectivity index (χ2n) is 6.99. The van der Waals surface area contributed by atoms with E-state index in [-0.39, 0.29) is 17.3 Å². The topological polar surface area (TPSA) is 101 Å². The molecule has 2 aromatic carbocycles. The number of aromatic nitrogens is 3. The molecule has 31 heavy (non-hydrogen) atoms. The molecule has 0 aliphatic carbocycles. The zero-order valence-corrected chi connectivity index (χ0v) is 16.9. The van der Waals surface area contributed by atoms with Gasteiger partial charge in [-0.25, -0.2) is 14.8 Å². The lowest BCUT2D eigenvalue weighted by molar-refractivity contribution is 0.0382. The van der Waals surface area contributed by atoms with Crippen LogP contribution in [0.15, 0.2) is 72.9 Å². The molecule has 0 saturated carbocycles. The zero-order chi connectivity index (χ0) is 22.0. The van der Waals surface area contributed by atoms with Gasteiger partial charge in [-0.1, -0.05) is 42.5 Å². The predicted molar refractivity (Wildman–Crippen MR) is 116 cm³/mol. The first-order chi connectivity index (χ1) is 14.9. The van der Waals surface area contributed by atoms with Crippen LogP contribution in [0.2, 0.25) is 0 Å². The molecule has 156 valence electrons. The highest BCUT2D eigenvalue weighted by molar-refractivity contribution is 5.91. The molecule has 0 fully saturated rings. The van der Waals surface area contributed by atoms with Crippen LogP contribution >= 0.6 is 0 Å². The molecule has 4 rings (SSSR count). The van der Waals surface area contributed by atoms with Crippen molar-refractivity contribution in [1.29, 1.82) is 0 Å². The number of carbonyl (C=O) groups is 1. The number of benzene rings is 2. The van der Waals surface area contributed by atoms with Crippen molar-refractivity contribution in [3.8, 4) is 34.1 Å². The van der Waals surface area contributed by atoms with Gasteiger partial charge in [0.05, 0.1) is 11.3 Å². The second kappa shape index (κ2) is 8.19. The van der Waals surface area contributed by atoms with E-state index in [1.807, 2.05) is 49.3 Å². The Kier molecular flexibility index (Phi) is 5.28. The summed E-state index contributed by atoms with van der Waals surface area (Å²) in [5.41, 5.74) is 3.62. The summed E-state index contributed by atoms with van der Waals surface area (Å²) < 4.78 is 0.650. The third-order valence-electron chi connectivity index (χ3n) is 4.63. The summed E-state index contributed by atoms with van der Waals surface area (Å²) in [6, 6.07) is 19.0. The number of carbonyl (C=O) groups excluding carboxylic acids is 1. The van der Waals surface area contributed by atoms with Gasteiger partial charge in [-0.3, -0.25) is 0 Å². The van der Waals surface area contributed by atoms with E-state index in [9.17, 15) is 15.0 Å². The Hall–Kier alpha value is -4.33. The lowest BCUT2D eigenvalue weighted by Gasteiger charge is -2.15. The number of aromatic hydroxyl groups is 2. The number of nitrogens with zero attached hydrogens (tertiary/aromatic N) is 4. The van der Waals surface area contributed by atoms with Gasteiger partial charge in [-0.05, 0) is 17.7 Å². The Bertz CT molecular complexity index is 1200. The lowest BCUT2D eigenvalue weighted by atomic mass is 10.00. The van der Waals surface area contributed by atoms with Gasteiger partial charge in [0.1, 0.15) is 0 Å². The molecule has 0 amide bonds. The highest BCUT2D eigenvalue weighted by Crippen LogP contribution is 2.31. The van der Waals surface area contributed by atoms with E-state index in [0.29, 0.717) is 10.7 Å². The fourth-order valence-electron chi connectivity index (χ4n) is 3.03. The summed E-state index contributed by atoms with van der Waals surface area (Å²) in [5.74, 6) is -0.897. The molecule has 0 aliphatic heterocycles. The van der Waals surface area contributed by atoms with E-state index in [4.69, 9.17) is 9.82 Å². The maximum atomic E-state index is 12.4. The first-order valence-corrected chi connectivity index (χ1v) is 9.46. The molecule has 0 aliphatic rings. The monoisotopic (exact) mass is 416 g/mol. The van der Waals surface area contributed by atoms with Gasteiger partial charge >= 0.3 is 5.97 Å². The van der Waals surface area contributed by atoms with E-state index >= 15 is 0 Å². The van der Waals surface area contributed by atoms with E-state index in [1.54, 1.807) is 30.5 Å². The Morgan fingerprint density at radius 2 is 1.55 bits per heavy atom. The van der Waals surface area contributed by atoms with Gasteiger partial charge in [0.25, 0.3) is 0 Å². The molecule has 2 N–H and O–H groups in total. The number of hydrogen-bond donors (Lipinski definition) is 2. The maximum Gasteiger partial charge on any atom is 0.363 e. The first-order valence-electron chi connectivity index (χ1n) is 9.46. The van der Waals surface area contributed by atoms with E-state index in [1.165, 1.54) is 12.1 Å². The van der Waals surface area contributed by atoms with Crippen molar-refractivity contribution in [1.82, 2.24) is 14.7 Å². The number of anilines is 1. The van der Waals surface area contributed by atoms with Crippen molar-refractivity contribution < 1.29 is 19.8 Å². The average molecular weight is 416 g/mol. The number of hydrogen-bond acceptors (Lipinski definition) is 7. The van der Waals surface area contributed by atoms with Crippen molar-refractivity contribution in [2.75, 3.05) is 19.0 Å². The van der Waals surface area contributed by atoms with Crippen LogP contribution in [0.1, 0.15) is 10.4 Å². The van der Waals surface area contributed by atoms with Gasteiger partial charge in [-0.2, -0.15) is 0 Å². The van der Waals surface area contributed by atoms with Crippen LogP contribution in [0.4, 0.5) is 5.95 Å². The highest BCUT2D eigenvalue weighted by atomic mass is 16.7. The summed E-state index contributed by atoms with van der Waals surface area (Å²) in [4.78, 5) is 28.4. The predicted octanol–water partition coefficient (Wildman–Crippen LogP) is 3.36. The zero-order valence-electron chi connectivity index (χ0n) is 16.9. The Morgan fingerprint density at radius 1 is 0.903 bits per heavy atom. The third kappa shape index (κ3) is 4.04. The van der Waals surface area contributed by atoms with Gasteiger partial charge in [0.15, 0.2) is 0 Å².